The summed E-state index contributed by atoms with van der Waals surface area (Å²) in [6.07, 6.45) is -2.02. The summed E-state index contributed by atoms with van der Waals surface area (Å²) in [7, 11) is 1.68. The summed E-state index contributed by atoms with van der Waals surface area (Å²) in [6.45, 7) is 2.37. The molecule has 1 fully saturated rings. The first-order chi connectivity index (χ1) is 11.3. The molecule has 1 aliphatic rings. The fraction of sp³-hybridized carbons (Fsp3) is 0.429. The van der Waals surface area contributed by atoms with Crippen LogP contribution in [0.25, 0.3) is 11.4 Å². The van der Waals surface area contributed by atoms with Crippen LogP contribution in [0.2, 0.25) is 0 Å². The number of halogens is 3. The Bertz CT molecular complexity index is 723. The first-order valence-corrected chi connectivity index (χ1v) is 7.26. The second kappa shape index (κ2) is 6.19. The molecule has 2 aromatic rings. The lowest BCUT2D eigenvalue weighted by atomic mass is 10.0. The number of carbonyl (C=O) groups is 1. The minimum absolute atomic E-state index is 0.0164. The maximum atomic E-state index is 12.6. The molecule has 2 N–H and O–H groups in total. The summed E-state index contributed by atoms with van der Waals surface area (Å²) in [5.74, 6) is 0.148. The van der Waals surface area contributed by atoms with E-state index >= 15 is 0 Å². The average molecular weight is 340 g/mol. The minimum Gasteiger partial charge on any atom is -0.340 e. The van der Waals surface area contributed by atoms with Crippen LogP contribution in [-0.2, 0) is 6.18 Å². The number of amides is 1. The zero-order valence-corrected chi connectivity index (χ0v) is 12.8. The van der Waals surface area contributed by atoms with Gasteiger partial charge < -0.3 is 10.2 Å². The molecule has 0 atom stereocenters. The molecule has 1 amide bonds. The number of H-pyrrole nitrogens is 1. The van der Waals surface area contributed by atoms with E-state index in [1.165, 1.54) is 12.4 Å². The molecule has 7 nitrogen and oxygen atoms in total. The lowest BCUT2D eigenvalue weighted by Crippen LogP contribution is -2.48. The smallest absolute Gasteiger partial charge is 0.340 e. The van der Waals surface area contributed by atoms with Crippen molar-refractivity contribution in [3.05, 3.63) is 29.8 Å². The number of hydrogen-bond acceptors (Lipinski definition) is 5. The lowest BCUT2D eigenvalue weighted by molar-refractivity contribution is -0.141. The van der Waals surface area contributed by atoms with Gasteiger partial charge in [-0.25, -0.2) is 4.98 Å². The first-order valence-electron chi connectivity index (χ1n) is 7.26. The van der Waals surface area contributed by atoms with Gasteiger partial charge in [0, 0.05) is 32.6 Å². The molecule has 10 heteroatoms. The highest BCUT2D eigenvalue weighted by atomic mass is 19.4. The Morgan fingerprint density at radius 2 is 2.04 bits per heavy atom. The van der Waals surface area contributed by atoms with E-state index in [2.05, 4.69) is 20.4 Å². The number of nitrogens with one attached hydrogen (secondary N) is 2. The van der Waals surface area contributed by atoms with Crippen molar-refractivity contribution in [3.63, 3.8) is 0 Å². The Morgan fingerprint density at radius 3 is 2.54 bits per heavy atom. The standard InChI is InChI=1S/C14H15F3N6O/c1-23(7-8-3-18-4-8)13(24)11-6-19-10(5-20-11)9-2-12(22-21-9)14(15,16)17/h2,5-6,8,18H,3-4,7H2,1H3,(H,21,22). The van der Waals surface area contributed by atoms with Crippen LogP contribution in [0.5, 0.6) is 0 Å². The largest absolute Gasteiger partial charge is 0.432 e. The molecule has 0 aliphatic carbocycles. The molecule has 128 valence electrons. The SMILES string of the molecule is CN(CC1CNC1)C(=O)c1cnc(-c2cc(C(F)(F)F)[nH]n2)cn1. The molecule has 0 aromatic carbocycles. The number of aromatic nitrogens is 4. The molecule has 24 heavy (non-hydrogen) atoms. The molecular formula is C14H15F3N6O. The maximum Gasteiger partial charge on any atom is 0.432 e. The van der Waals surface area contributed by atoms with E-state index in [9.17, 15) is 18.0 Å². The Labute approximate surface area is 135 Å². The molecule has 1 aliphatic heterocycles. The molecule has 0 bridgehead atoms. The van der Waals surface area contributed by atoms with Crippen molar-refractivity contribution in [3.8, 4) is 11.4 Å². The number of hydrogen-bond donors (Lipinski definition) is 2. The van der Waals surface area contributed by atoms with Crippen molar-refractivity contribution in [1.82, 2.24) is 30.4 Å². The second-order valence-corrected chi connectivity index (χ2v) is 5.66. The van der Waals surface area contributed by atoms with E-state index in [1.807, 2.05) is 5.10 Å². The van der Waals surface area contributed by atoms with Crippen molar-refractivity contribution in [2.75, 3.05) is 26.7 Å². The van der Waals surface area contributed by atoms with Crippen molar-refractivity contribution >= 4 is 5.91 Å². The summed E-state index contributed by atoms with van der Waals surface area (Å²) in [5, 5.41) is 8.61. The van der Waals surface area contributed by atoms with Crippen molar-refractivity contribution in [2.45, 2.75) is 6.18 Å². The van der Waals surface area contributed by atoms with Gasteiger partial charge in [0.05, 0.1) is 12.4 Å². The second-order valence-electron chi connectivity index (χ2n) is 5.66. The predicted octanol–water partition coefficient (Wildman–Crippen LogP) is 1.18. The number of aromatic amines is 1. The Kier molecular flexibility index (Phi) is 4.22. The van der Waals surface area contributed by atoms with Gasteiger partial charge in [0.25, 0.3) is 5.91 Å². The number of carbonyl (C=O) groups excluding carboxylic acids is 1. The van der Waals surface area contributed by atoms with Crippen LogP contribution in [0.4, 0.5) is 13.2 Å². The first kappa shape index (κ1) is 16.4. The summed E-state index contributed by atoms with van der Waals surface area (Å²) >= 11 is 0. The fourth-order valence-electron chi connectivity index (χ4n) is 2.31. The quantitative estimate of drug-likeness (QED) is 0.873. The van der Waals surface area contributed by atoms with E-state index in [4.69, 9.17) is 0 Å². The zero-order chi connectivity index (χ0) is 17.3. The van der Waals surface area contributed by atoms with Crippen LogP contribution in [0.1, 0.15) is 16.2 Å². The van der Waals surface area contributed by atoms with Crippen LogP contribution < -0.4 is 5.32 Å². The molecule has 1 saturated heterocycles. The minimum atomic E-state index is -4.51. The van der Waals surface area contributed by atoms with Gasteiger partial charge in [0.1, 0.15) is 22.8 Å². The highest BCUT2D eigenvalue weighted by Crippen LogP contribution is 2.29. The summed E-state index contributed by atoms with van der Waals surface area (Å²) < 4.78 is 37.7. The monoisotopic (exact) mass is 340 g/mol. The number of alkyl halides is 3. The normalized spacial score (nSPS) is 15.2. The summed E-state index contributed by atoms with van der Waals surface area (Å²) in [6, 6.07) is 0.848. The van der Waals surface area contributed by atoms with E-state index in [0.29, 0.717) is 12.5 Å². The zero-order valence-electron chi connectivity index (χ0n) is 12.8. The molecule has 0 saturated carbocycles. The highest BCUT2D eigenvalue weighted by molar-refractivity contribution is 5.91. The molecular weight excluding hydrogens is 325 g/mol. The van der Waals surface area contributed by atoms with Gasteiger partial charge in [0.15, 0.2) is 0 Å². The van der Waals surface area contributed by atoms with Gasteiger partial charge in [-0.3, -0.25) is 14.9 Å². The Morgan fingerprint density at radius 1 is 1.29 bits per heavy atom. The molecule has 0 unspecified atom stereocenters. The van der Waals surface area contributed by atoms with Crippen molar-refractivity contribution < 1.29 is 18.0 Å². The predicted molar refractivity (Wildman–Crippen MR) is 77.9 cm³/mol. The van der Waals surface area contributed by atoms with Gasteiger partial charge in [-0.1, -0.05) is 0 Å². The fourth-order valence-corrected chi connectivity index (χ4v) is 2.31. The topological polar surface area (TPSA) is 86.8 Å². The van der Waals surface area contributed by atoms with Crippen LogP contribution in [0.3, 0.4) is 0 Å². The number of nitrogens with zero attached hydrogens (tertiary/aromatic N) is 4. The van der Waals surface area contributed by atoms with E-state index in [-0.39, 0.29) is 23.0 Å². The molecule has 0 radical (unpaired) electrons. The lowest BCUT2D eigenvalue weighted by Gasteiger charge is -2.31. The Balaban J connectivity index is 1.70. The maximum absolute atomic E-state index is 12.6. The van der Waals surface area contributed by atoms with Crippen LogP contribution >= 0.6 is 0 Å². The van der Waals surface area contributed by atoms with Gasteiger partial charge in [-0.05, 0) is 6.07 Å². The van der Waals surface area contributed by atoms with Gasteiger partial charge in [-0.2, -0.15) is 18.3 Å². The molecule has 2 aromatic heterocycles. The Hall–Kier alpha value is -2.49. The third-order valence-corrected chi connectivity index (χ3v) is 3.76. The third kappa shape index (κ3) is 3.37. The van der Waals surface area contributed by atoms with E-state index in [1.54, 1.807) is 11.9 Å². The third-order valence-electron chi connectivity index (χ3n) is 3.76. The van der Waals surface area contributed by atoms with Gasteiger partial charge >= 0.3 is 6.18 Å². The molecule has 0 spiro atoms. The average Bonchev–Trinajstić information content (AvgIpc) is 3.00. The summed E-state index contributed by atoms with van der Waals surface area (Å²) in [5.41, 5.74) is -0.653. The van der Waals surface area contributed by atoms with Gasteiger partial charge in [0.2, 0.25) is 0 Å². The van der Waals surface area contributed by atoms with E-state index < -0.39 is 11.9 Å². The van der Waals surface area contributed by atoms with Gasteiger partial charge in [-0.15, -0.1) is 0 Å². The molecule has 3 heterocycles. The van der Waals surface area contributed by atoms with Crippen molar-refractivity contribution in [2.24, 2.45) is 5.92 Å². The van der Waals surface area contributed by atoms with Crippen LogP contribution in [0, 0.1) is 5.92 Å². The van der Waals surface area contributed by atoms with E-state index in [0.717, 1.165) is 19.2 Å². The van der Waals surface area contributed by atoms with Crippen LogP contribution in [0.15, 0.2) is 18.5 Å². The molecule has 3 rings (SSSR count). The summed E-state index contributed by atoms with van der Waals surface area (Å²) in [4.78, 5) is 21.8. The highest BCUT2D eigenvalue weighted by Gasteiger charge is 2.33. The van der Waals surface area contributed by atoms with Crippen molar-refractivity contribution in [1.29, 1.82) is 0 Å². The number of rotatable bonds is 4. The van der Waals surface area contributed by atoms with Crippen LogP contribution in [-0.4, -0.2) is 57.7 Å².